The number of methoxy groups -OCH3 is 1. The zero-order valence-corrected chi connectivity index (χ0v) is 19.6. The summed E-state index contributed by atoms with van der Waals surface area (Å²) in [7, 11) is 1.57. The molecule has 0 unspecified atom stereocenters. The second-order valence-electron chi connectivity index (χ2n) is 8.07. The zero-order valence-electron chi connectivity index (χ0n) is 18.8. The Labute approximate surface area is 201 Å². The minimum Gasteiger partial charge on any atom is -0.497 e. The lowest BCUT2D eigenvalue weighted by molar-refractivity contribution is 0.0889. The number of amides is 2. The van der Waals surface area contributed by atoms with Gasteiger partial charge in [-0.25, -0.2) is 9.37 Å². The number of halogens is 1. The van der Waals surface area contributed by atoms with Crippen LogP contribution in [0.2, 0.25) is 0 Å². The Morgan fingerprint density at radius 1 is 1.03 bits per heavy atom. The van der Waals surface area contributed by atoms with Gasteiger partial charge >= 0.3 is 0 Å². The number of carbonyl (C=O) groups excluding carboxylic acids is 2. The van der Waals surface area contributed by atoms with Gasteiger partial charge in [-0.2, -0.15) is 0 Å². The van der Waals surface area contributed by atoms with E-state index in [1.54, 1.807) is 55.0 Å². The van der Waals surface area contributed by atoms with Crippen LogP contribution in [0.3, 0.4) is 0 Å². The van der Waals surface area contributed by atoms with Gasteiger partial charge in [-0.1, -0.05) is 18.2 Å². The number of benzene rings is 2. The third kappa shape index (κ3) is 6.11. The van der Waals surface area contributed by atoms with E-state index in [2.05, 4.69) is 15.6 Å². The molecule has 1 fully saturated rings. The van der Waals surface area contributed by atoms with Crippen LogP contribution in [-0.4, -0.2) is 36.0 Å². The van der Waals surface area contributed by atoms with Gasteiger partial charge in [0.1, 0.15) is 23.1 Å². The van der Waals surface area contributed by atoms with Gasteiger partial charge in [0.2, 0.25) is 0 Å². The SMILES string of the molecule is COc1cccc(C(=O)NC2CCC(NC(=O)c3csc(COc4ccccc4F)n3)CC2)c1. The van der Waals surface area contributed by atoms with Crippen molar-refractivity contribution in [2.24, 2.45) is 0 Å². The molecule has 0 radical (unpaired) electrons. The highest BCUT2D eigenvalue weighted by Crippen LogP contribution is 2.22. The number of aromatic nitrogens is 1. The van der Waals surface area contributed by atoms with Crippen molar-refractivity contribution >= 4 is 23.2 Å². The second-order valence-corrected chi connectivity index (χ2v) is 9.02. The summed E-state index contributed by atoms with van der Waals surface area (Å²) >= 11 is 1.30. The fourth-order valence-electron chi connectivity index (χ4n) is 3.86. The minimum atomic E-state index is -0.438. The molecule has 2 aromatic carbocycles. The highest BCUT2D eigenvalue weighted by Gasteiger charge is 2.25. The van der Waals surface area contributed by atoms with E-state index in [-0.39, 0.29) is 36.3 Å². The zero-order chi connectivity index (χ0) is 23.9. The molecule has 1 aromatic heterocycles. The lowest BCUT2D eigenvalue weighted by Gasteiger charge is -2.29. The van der Waals surface area contributed by atoms with Gasteiger partial charge in [0.15, 0.2) is 11.6 Å². The molecule has 0 bridgehead atoms. The summed E-state index contributed by atoms with van der Waals surface area (Å²) in [6, 6.07) is 13.3. The molecule has 4 rings (SSSR count). The molecule has 9 heteroatoms. The molecule has 1 aliphatic carbocycles. The fourth-order valence-corrected chi connectivity index (χ4v) is 4.54. The third-order valence-electron chi connectivity index (χ3n) is 5.70. The van der Waals surface area contributed by atoms with Crippen LogP contribution in [0, 0.1) is 5.82 Å². The summed E-state index contributed by atoms with van der Waals surface area (Å²) in [6.07, 6.45) is 3.09. The summed E-state index contributed by atoms with van der Waals surface area (Å²) in [6.45, 7) is 0.0942. The Hall–Kier alpha value is -3.46. The molecule has 2 amide bonds. The third-order valence-corrected chi connectivity index (χ3v) is 6.52. The largest absolute Gasteiger partial charge is 0.497 e. The van der Waals surface area contributed by atoms with E-state index in [1.807, 2.05) is 0 Å². The Kier molecular flexibility index (Phi) is 7.74. The van der Waals surface area contributed by atoms with E-state index >= 15 is 0 Å². The molecular formula is C25H26FN3O4S. The second kappa shape index (κ2) is 11.1. The van der Waals surface area contributed by atoms with Gasteiger partial charge in [-0.3, -0.25) is 9.59 Å². The van der Waals surface area contributed by atoms with Gasteiger partial charge in [0, 0.05) is 23.0 Å². The van der Waals surface area contributed by atoms with Crippen molar-refractivity contribution in [2.75, 3.05) is 7.11 Å². The normalized spacial score (nSPS) is 17.6. The Bertz CT molecular complexity index is 1140. The summed E-state index contributed by atoms with van der Waals surface area (Å²) in [4.78, 5) is 29.4. The van der Waals surface area contributed by atoms with Crippen LogP contribution in [-0.2, 0) is 6.61 Å². The monoisotopic (exact) mass is 483 g/mol. The van der Waals surface area contributed by atoms with E-state index in [0.29, 0.717) is 22.0 Å². The number of ether oxygens (including phenoxy) is 2. The van der Waals surface area contributed by atoms with E-state index in [9.17, 15) is 14.0 Å². The van der Waals surface area contributed by atoms with Crippen LogP contribution < -0.4 is 20.1 Å². The maximum Gasteiger partial charge on any atom is 0.270 e. The fraction of sp³-hybridized carbons (Fsp3) is 0.320. The first kappa shape index (κ1) is 23.7. The number of para-hydroxylation sites is 1. The summed E-state index contributed by atoms with van der Waals surface area (Å²) in [5, 5.41) is 8.37. The Morgan fingerprint density at radius 3 is 2.44 bits per heavy atom. The molecule has 1 saturated carbocycles. The first-order valence-corrected chi connectivity index (χ1v) is 12.0. The number of nitrogens with zero attached hydrogens (tertiary/aromatic N) is 1. The standard InChI is InChI=1S/C25H26FN3O4S/c1-32-19-6-4-5-16(13-19)24(30)27-17-9-11-18(12-10-17)28-25(31)21-15-34-23(29-21)14-33-22-8-3-2-7-20(22)26/h2-8,13,15,17-18H,9-12,14H2,1H3,(H,27,30)(H,28,31). The molecule has 0 aliphatic heterocycles. The van der Waals surface area contributed by atoms with Crippen molar-refractivity contribution in [3.8, 4) is 11.5 Å². The van der Waals surface area contributed by atoms with Gasteiger partial charge in [0.25, 0.3) is 11.8 Å². The predicted molar refractivity (Wildman–Crippen MR) is 127 cm³/mol. The van der Waals surface area contributed by atoms with E-state index < -0.39 is 5.82 Å². The molecule has 0 spiro atoms. The quantitative estimate of drug-likeness (QED) is 0.498. The number of nitrogens with one attached hydrogen (secondary N) is 2. The highest BCUT2D eigenvalue weighted by atomic mass is 32.1. The average molecular weight is 484 g/mol. The van der Waals surface area contributed by atoms with Crippen LogP contribution in [0.25, 0.3) is 0 Å². The van der Waals surface area contributed by atoms with Crippen molar-refractivity contribution in [1.29, 1.82) is 0 Å². The van der Waals surface area contributed by atoms with Crippen molar-refractivity contribution in [1.82, 2.24) is 15.6 Å². The molecule has 1 aliphatic rings. The predicted octanol–water partition coefficient (Wildman–Crippen LogP) is 4.34. The summed E-state index contributed by atoms with van der Waals surface area (Å²) in [5.74, 6) is -0.00873. The maximum absolute atomic E-state index is 13.7. The molecule has 2 N–H and O–H groups in total. The van der Waals surface area contributed by atoms with Gasteiger partial charge in [-0.05, 0) is 56.0 Å². The van der Waals surface area contributed by atoms with Crippen molar-refractivity contribution in [3.05, 3.63) is 76.0 Å². The van der Waals surface area contributed by atoms with Crippen molar-refractivity contribution in [2.45, 2.75) is 44.4 Å². The number of hydrogen-bond donors (Lipinski definition) is 2. The van der Waals surface area contributed by atoms with E-state index in [1.165, 1.54) is 17.4 Å². The molecule has 7 nitrogen and oxygen atoms in total. The van der Waals surface area contributed by atoms with E-state index in [4.69, 9.17) is 9.47 Å². The first-order chi connectivity index (χ1) is 16.5. The molecule has 34 heavy (non-hydrogen) atoms. The molecule has 1 heterocycles. The molecule has 3 aromatic rings. The van der Waals surface area contributed by atoms with Crippen molar-refractivity contribution < 1.29 is 23.5 Å². The van der Waals surface area contributed by atoms with Crippen LogP contribution in [0.15, 0.2) is 53.9 Å². The number of thiazole rings is 1. The van der Waals surface area contributed by atoms with Crippen LogP contribution >= 0.6 is 11.3 Å². The maximum atomic E-state index is 13.7. The van der Waals surface area contributed by atoms with E-state index in [0.717, 1.165) is 25.7 Å². The van der Waals surface area contributed by atoms with Gasteiger partial charge in [0.05, 0.1) is 7.11 Å². The summed E-state index contributed by atoms with van der Waals surface area (Å²) in [5.41, 5.74) is 0.888. The lowest BCUT2D eigenvalue weighted by atomic mass is 9.91. The van der Waals surface area contributed by atoms with Crippen molar-refractivity contribution in [3.63, 3.8) is 0 Å². The average Bonchev–Trinajstić information content (AvgIpc) is 3.34. The first-order valence-electron chi connectivity index (χ1n) is 11.1. The number of hydrogen-bond acceptors (Lipinski definition) is 6. The highest BCUT2D eigenvalue weighted by molar-refractivity contribution is 7.09. The smallest absolute Gasteiger partial charge is 0.270 e. The van der Waals surface area contributed by atoms with Gasteiger partial charge in [-0.15, -0.1) is 11.3 Å². The summed E-state index contributed by atoms with van der Waals surface area (Å²) < 4.78 is 24.3. The lowest BCUT2D eigenvalue weighted by Crippen LogP contribution is -2.43. The number of rotatable bonds is 8. The molecule has 178 valence electrons. The molecular weight excluding hydrogens is 457 g/mol. The number of carbonyl (C=O) groups is 2. The van der Waals surface area contributed by atoms with Crippen LogP contribution in [0.4, 0.5) is 4.39 Å². The topological polar surface area (TPSA) is 89.6 Å². The van der Waals surface area contributed by atoms with Crippen LogP contribution in [0.1, 0.15) is 51.5 Å². The minimum absolute atomic E-state index is 0.0253. The molecule has 0 atom stereocenters. The van der Waals surface area contributed by atoms with Crippen LogP contribution in [0.5, 0.6) is 11.5 Å². The Morgan fingerprint density at radius 2 is 1.74 bits per heavy atom. The molecule has 0 saturated heterocycles. The Balaban J connectivity index is 1.22. The van der Waals surface area contributed by atoms with Gasteiger partial charge < -0.3 is 20.1 Å².